The Morgan fingerprint density at radius 3 is 2.48 bits per heavy atom. The zero-order valence-electron chi connectivity index (χ0n) is 24.8. The summed E-state index contributed by atoms with van der Waals surface area (Å²) < 4.78 is 7.28. The largest absolute Gasteiger partial charge is 0.379 e. The molecule has 3 aromatic rings. The molecule has 2 aliphatic rings. The fourth-order valence-electron chi connectivity index (χ4n) is 6.17. The Bertz CT molecular complexity index is 1390. The van der Waals surface area contributed by atoms with Crippen molar-refractivity contribution in [1.29, 1.82) is 0 Å². The highest BCUT2D eigenvalue weighted by Crippen LogP contribution is 2.31. The quantitative estimate of drug-likeness (QED) is 0.306. The lowest BCUT2D eigenvalue weighted by molar-refractivity contribution is -0.132. The molecule has 1 aliphatic heterocycles. The second-order valence-corrected chi connectivity index (χ2v) is 11.7. The van der Waals surface area contributed by atoms with Crippen molar-refractivity contribution in [3.05, 3.63) is 71.4 Å². The summed E-state index contributed by atoms with van der Waals surface area (Å²) in [4.78, 5) is 43.3. The van der Waals surface area contributed by atoms with Crippen molar-refractivity contribution in [2.75, 3.05) is 39.4 Å². The molecule has 2 aromatic carbocycles. The average molecular weight is 574 g/mol. The molecule has 0 bridgehead atoms. The number of aromatic nitrogens is 1. The zero-order chi connectivity index (χ0) is 29.5. The molecule has 1 aliphatic carbocycles. The normalized spacial score (nSPS) is 17.6. The highest BCUT2D eigenvalue weighted by atomic mass is 16.5. The van der Waals surface area contributed by atoms with Crippen LogP contribution in [0.1, 0.15) is 53.7 Å². The summed E-state index contributed by atoms with van der Waals surface area (Å²) in [5.41, 5.74) is 2.49. The molecule has 2 fully saturated rings. The van der Waals surface area contributed by atoms with Crippen molar-refractivity contribution in [3.8, 4) is 0 Å². The fraction of sp³-hybridized carbons (Fsp3) is 0.485. The second-order valence-electron chi connectivity index (χ2n) is 11.7. The van der Waals surface area contributed by atoms with Crippen molar-refractivity contribution in [3.63, 3.8) is 0 Å². The van der Waals surface area contributed by atoms with Gasteiger partial charge in [0.1, 0.15) is 17.3 Å². The van der Waals surface area contributed by atoms with Crippen molar-refractivity contribution >= 4 is 28.6 Å². The summed E-state index contributed by atoms with van der Waals surface area (Å²) in [5.74, 6) is -0.791. The lowest BCUT2D eigenvalue weighted by Crippen LogP contribution is -2.61. The van der Waals surface area contributed by atoms with Crippen LogP contribution >= 0.6 is 0 Å². The predicted molar refractivity (Wildman–Crippen MR) is 163 cm³/mol. The summed E-state index contributed by atoms with van der Waals surface area (Å²) in [5, 5.41) is 10.2. The van der Waals surface area contributed by atoms with Crippen molar-refractivity contribution in [2.24, 2.45) is 7.05 Å². The molecular formula is C33H43N5O4. The van der Waals surface area contributed by atoms with Crippen LogP contribution in [0.3, 0.4) is 0 Å². The van der Waals surface area contributed by atoms with Gasteiger partial charge in [-0.25, -0.2) is 0 Å². The Kier molecular flexibility index (Phi) is 9.59. The van der Waals surface area contributed by atoms with Crippen LogP contribution in [0.5, 0.6) is 0 Å². The molecule has 224 valence electrons. The molecule has 1 saturated heterocycles. The van der Waals surface area contributed by atoms with Gasteiger partial charge in [-0.05, 0) is 56.5 Å². The van der Waals surface area contributed by atoms with Gasteiger partial charge in [-0.15, -0.1) is 0 Å². The first-order chi connectivity index (χ1) is 20.3. The summed E-state index contributed by atoms with van der Waals surface area (Å²) in [6.45, 7) is 6.75. The molecular weight excluding hydrogens is 530 g/mol. The standard InChI is InChI=1S/C33H43N5O4/c1-24-11-12-28-26(21-24)23-29(37(28)2)31(40)36-33(13-6-7-14-33)32(41)35-27(22-25-9-4-3-5-10-25)30(39)34-15-8-16-38-17-19-42-20-18-38/h3-5,9-12,21,23,27H,6-8,13-20,22H2,1-2H3,(H,34,39)(H,35,41)(H,36,40)/t27-/m1/s1. The third-order valence-corrected chi connectivity index (χ3v) is 8.63. The molecule has 1 saturated carbocycles. The highest BCUT2D eigenvalue weighted by Gasteiger charge is 2.44. The fourth-order valence-corrected chi connectivity index (χ4v) is 6.17. The van der Waals surface area contributed by atoms with Gasteiger partial charge in [0.15, 0.2) is 0 Å². The van der Waals surface area contributed by atoms with Crippen LogP contribution in [0.2, 0.25) is 0 Å². The van der Waals surface area contributed by atoms with Gasteiger partial charge in [-0.1, -0.05) is 54.8 Å². The van der Waals surface area contributed by atoms with Crippen LogP contribution in [-0.2, 0) is 27.8 Å². The lowest BCUT2D eigenvalue weighted by atomic mass is 9.94. The Hall–Kier alpha value is -3.69. The number of nitrogens with zero attached hydrogens (tertiary/aromatic N) is 2. The SMILES string of the molecule is Cc1ccc2c(c1)cc(C(=O)NC1(C(=O)N[C@H](Cc3ccccc3)C(=O)NCCCN3CCOCC3)CCCC1)n2C. The van der Waals surface area contributed by atoms with Gasteiger partial charge in [-0.2, -0.15) is 0 Å². The third kappa shape index (κ3) is 7.02. The summed E-state index contributed by atoms with van der Waals surface area (Å²) in [6.07, 6.45) is 3.93. The van der Waals surface area contributed by atoms with Crippen LogP contribution in [0.15, 0.2) is 54.6 Å². The minimum atomic E-state index is -1.06. The van der Waals surface area contributed by atoms with E-state index in [1.165, 1.54) is 0 Å². The van der Waals surface area contributed by atoms with Gasteiger partial charge in [0.05, 0.1) is 13.2 Å². The number of fused-ring (bicyclic) bond motifs is 1. The van der Waals surface area contributed by atoms with Gasteiger partial charge in [-0.3, -0.25) is 19.3 Å². The maximum absolute atomic E-state index is 13.9. The molecule has 1 aromatic heterocycles. The van der Waals surface area contributed by atoms with Crippen LogP contribution in [-0.4, -0.2) is 78.2 Å². The van der Waals surface area contributed by atoms with E-state index in [-0.39, 0.29) is 17.7 Å². The molecule has 1 atom stereocenters. The lowest BCUT2D eigenvalue weighted by Gasteiger charge is -2.31. The van der Waals surface area contributed by atoms with Crippen LogP contribution in [0.25, 0.3) is 10.9 Å². The summed E-state index contributed by atoms with van der Waals surface area (Å²) in [6, 6.07) is 16.9. The topological polar surface area (TPSA) is 105 Å². The zero-order valence-corrected chi connectivity index (χ0v) is 24.8. The molecule has 9 nitrogen and oxygen atoms in total. The van der Waals surface area contributed by atoms with Crippen molar-refractivity contribution in [1.82, 2.24) is 25.4 Å². The van der Waals surface area contributed by atoms with E-state index in [1.54, 1.807) is 0 Å². The second kappa shape index (κ2) is 13.5. The number of nitrogens with one attached hydrogen (secondary N) is 3. The van der Waals surface area contributed by atoms with E-state index >= 15 is 0 Å². The first-order valence-electron chi connectivity index (χ1n) is 15.2. The minimum absolute atomic E-state index is 0.210. The number of rotatable bonds is 11. The number of benzene rings is 2. The van der Waals surface area contributed by atoms with Crippen molar-refractivity contribution < 1.29 is 19.1 Å². The number of ether oxygens (including phenoxy) is 1. The Morgan fingerprint density at radius 1 is 1.00 bits per heavy atom. The van der Waals surface area contributed by atoms with Gasteiger partial charge >= 0.3 is 0 Å². The first kappa shape index (κ1) is 29.8. The van der Waals surface area contributed by atoms with E-state index in [9.17, 15) is 14.4 Å². The molecule has 2 heterocycles. The van der Waals surface area contributed by atoms with Gasteiger partial charge in [0.25, 0.3) is 5.91 Å². The van der Waals surface area contributed by atoms with Crippen molar-refractivity contribution in [2.45, 2.75) is 57.0 Å². The van der Waals surface area contributed by atoms with E-state index in [0.29, 0.717) is 31.5 Å². The Labute approximate surface area is 248 Å². The van der Waals surface area contributed by atoms with E-state index in [1.807, 2.05) is 67.1 Å². The molecule has 9 heteroatoms. The Balaban J connectivity index is 1.27. The number of carbonyl (C=O) groups is 3. The third-order valence-electron chi connectivity index (χ3n) is 8.63. The van der Waals surface area contributed by atoms with Gasteiger partial charge < -0.3 is 25.3 Å². The van der Waals surface area contributed by atoms with Crippen LogP contribution < -0.4 is 16.0 Å². The number of hydrogen-bond acceptors (Lipinski definition) is 5. The first-order valence-corrected chi connectivity index (χ1v) is 15.2. The molecule has 0 radical (unpaired) electrons. The molecule has 0 spiro atoms. The van der Waals surface area contributed by atoms with E-state index in [0.717, 1.165) is 74.1 Å². The summed E-state index contributed by atoms with van der Waals surface area (Å²) in [7, 11) is 1.87. The maximum atomic E-state index is 13.9. The molecule has 0 unspecified atom stereocenters. The number of morpholine rings is 1. The molecule has 3 N–H and O–H groups in total. The van der Waals surface area contributed by atoms with E-state index < -0.39 is 11.6 Å². The summed E-state index contributed by atoms with van der Waals surface area (Å²) >= 11 is 0. The van der Waals surface area contributed by atoms with Crippen LogP contribution in [0, 0.1) is 6.92 Å². The number of carbonyl (C=O) groups excluding carboxylic acids is 3. The minimum Gasteiger partial charge on any atom is -0.379 e. The number of amides is 3. The number of hydrogen-bond donors (Lipinski definition) is 3. The number of aryl methyl sites for hydroxylation is 2. The molecule has 5 rings (SSSR count). The van der Waals surface area contributed by atoms with E-state index in [2.05, 4.69) is 26.9 Å². The predicted octanol–water partition coefficient (Wildman–Crippen LogP) is 3.10. The molecule has 3 amide bonds. The molecule has 42 heavy (non-hydrogen) atoms. The highest BCUT2D eigenvalue weighted by molar-refractivity contribution is 6.02. The Morgan fingerprint density at radius 2 is 1.74 bits per heavy atom. The smallest absolute Gasteiger partial charge is 0.268 e. The van der Waals surface area contributed by atoms with Gasteiger partial charge in [0, 0.05) is 44.0 Å². The maximum Gasteiger partial charge on any atom is 0.268 e. The van der Waals surface area contributed by atoms with E-state index in [4.69, 9.17) is 4.74 Å². The van der Waals surface area contributed by atoms with Crippen LogP contribution in [0.4, 0.5) is 0 Å². The van der Waals surface area contributed by atoms with Gasteiger partial charge in [0.2, 0.25) is 11.8 Å². The monoisotopic (exact) mass is 573 g/mol. The average Bonchev–Trinajstić information content (AvgIpc) is 3.60.